The first-order valence-electron chi connectivity index (χ1n) is 5.80. The van der Waals surface area contributed by atoms with Crippen LogP contribution in [-0.2, 0) is 6.54 Å². The molecule has 1 fully saturated rings. The summed E-state index contributed by atoms with van der Waals surface area (Å²) in [5.74, 6) is 0.769. The van der Waals surface area contributed by atoms with Gasteiger partial charge in [-0.2, -0.15) is 0 Å². The lowest BCUT2D eigenvalue weighted by atomic mass is 9.96. The smallest absolute Gasteiger partial charge is 0.0604 e. The molecule has 0 radical (unpaired) electrons. The number of benzene rings is 1. The minimum Gasteiger partial charge on any atom is -0.393 e. The molecule has 2 atom stereocenters. The lowest BCUT2D eigenvalue weighted by molar-refractivity contribution is 0.0335. The van der Waals surface area contributed by atoms with Crippen LogP contribution in [-0.4, -0.2) is 35.1 Å². The van der Waals surface area contributed by atoms with Crippen molar-refractivity contribution in [2.75, 3.05) is 19.0 Å². The monoisotopic (exact) mass is 239 g/mol. The van der Waals surface area contributed by atoms with Crippen LogP contribution in [0.2, 0.25) is 0 Å². The number of aliphatic hydroxyl groups excluding tert-OH is 1. The summed E-state index contributed by atoms with van der Waals surface area (Å²) in [5.41, 5.74) is 1.33. The molecule has 2 unspecified atom stereocenters. The van der Waals surface area contributed by atoms with Gasteiger partial charge in [0.2, 0.25) is 0 Å². The van der Waals surface area contributed by atoms with Crippen molar-refractivity contribution in [2.45, 2.75) is 19.1 Å². The van der Waals surface area contributed by atoms with E-state index in [-0.39, 0.29) is 12.0 Å². The van der Waals surface area contributed by atoms with E-state index in [1.807, 2.05) is 6.07 Å². The average molecular weight is 240 g/mol. The molecule has 0 spiro atoms. The van der Waals surface area contributed by atoms with E-state index in [0.29, 0.717) is 5.88 Å². The highest BCUT2D eigenvalue weighted by Crippen LogP contribution is 2.20. The Kier molecular flexibility index (Phi) is 4.22. The second-order valence-corrected chi connectivity index (χ2v) is 4.80. The second kappa shape index (κ2) is 5.67. The van der Waals surface area contributed by atoms with Gasteiger partial charge in [-0.1, -0.05) is 30.3 Å². The number of hydrogen-bond acceptors (Lipinski definition) is 2. The van der Waals surface area contributed by atoms with E-state index < -0.39 is 0 Å². The lowest BCUT2D eigenvalue weighted by Gasteiger charge is -2.35. The SMILES string of the molecule is OC1CCN(Cc2ccccc2)CC1CCl. The summed E-state index contributed by atoms with van der Waals surface area (Å²) in [7, 11) is 0. The normalized spacial score (nSPS) is 26.9. The maximum absolute atomic E-state index is 9.74. The minimum atomic E-state index is -0.218. The van der Waals surface area contributed by atoms with Crippen molar-refractivity contribution in [3.63, 3.8) is 0 Å². The highest BCUT2D eigenvalue weighted by Gasteiger charge is 2.26. The van der Waals surface area contributed by atoms with Crippen molar-refractivity contribution in [3.8, 4) is 0 Å². The topological polar surface area (TPSA) is 23.5 Å². The quantitative estimate of drug-likeness (QED) is 0.817. The molecule has 3 heteroatoms. The van der Waals surface area contributed by atoms with Gasteiger partial charge in [0.15, 0.2) is 0 Å². The van der Waals surface area contributed by atoms with Crippen molar-refractivity contribution in [2.24, 2.45) is 5.92 Å². The molecule has 0 aromatic heterocycles. The number of hydrogen-bond donors (Lipinski definition) is 1. The zero-order valence-corrected chi connectivity index (χ0v) is 10.1. The van der Waals surface area contributed by atoms with E-state index in [2.05, 4.69) is 29.2 Å². The fourth-order valence-corrected chi connectivity index (χ4v) is 2.54. The van der Waals surface area contributed by atoms with Crippen molar-refractivity contribution in [1.82, 2.24) is 4.90 Å². The number of halogens is 1. The Hall–Kier alpha value is -0.570. The molecule has 1 aliphatic rings. The molecule has 0 aliphatic carbocycles. The van der Waals surface area contributed by atoms with Crippen LogP contribution in [0.25, 0.3) is 0 Å². The first kappa shape index (κ1) is 11.9. The predicted octanol–water partition coefficient (Wildman–Crippen LogP) is 2.11. The molecule has 16 heavy (non-hydrogen) atoms. The highest BCUT2D eigenvalue weighted by molar-refractivity contribution is 6.18. The molecule has 2 rings (SSSR count). The first-order chi connectivity index (χ1) is 7.79. The van der Waals surface area contributed by atoms with Gasteiger partial charge < -0.3 is 5.11 Å². The molecule has 1 N–H and O–H groups in total. The van der Waals surface area contributed by atoms with Crippen LogP contribution in [0.4, 0.5) is 0 Å². The number of nitrogens with zero attached hydrogens (tertiary/aromatic N) is 1. The molecule has 1 heterocycles. The largest absolute Gasteiger partial charge is 0.393 e. The number of rotatable bonds is 3. The molecule has 0 bridgehead atoms. The average Bonchev–Trinajstić information content (AvgIpc) is 2.33. The predicted molar refractivity (Wildman–Crippen MR) is 66.6 cm³/mol. The third kappa shape index (κ3) is 2.97. The summed E-state index contributed by atoms with van der Waals surface area (Å²) in [6, 6.07) is 10.4. The van der Waals surface area contributed by atoms with Crippen LogP contribution >= 0.6 is 11.6 Å². The molecular weight excluding hydrogens is 222 g/mol. The van der Waals surface area contributed by atoms with Crippen LogP contribution in [0.3, 0.4) is 0 Å². The Morgan fingerprint density at radius 1 is 1.31 bits per heavy atom. The zero-order valence-electron chi connectivity index (χ0n) is 9.35. The minimum absolute atomic E-state index is 0.218. The van der Waals surface area contributed by atoms with E-state index >= 15 is 0 Å². The number of aliphatic hydroxyl groups is 1. The third-order valence-corrected chi connectivity index (χ3v) is 3.62. The number of likely N-dealkylation sites (tertiary alicyclic amines) is 1. The maximum Gasteiger partial charge on any atom is 0.0604 e. The summed E-state index contributed by atoms with van der Waals surface area (Å²) in [6.45, 7) is 2.82. The maximum atomic E-state index is 9.74. The van der Waals surface area contributed by atoms with Gasteiger partial charge in [-0.15, -0.1) is 11.6 Å². The van der Waals surface area contributed by atoms with Crippen molar-refractivity contribution in [3.05, 3.63) is 35.9 Å². The molecule has 1 aromatic carbocycles. The Labute approximate surface area is 102 Å². The molecule has 88 valence electrons. The number of alkyl halides is 1. The summed E-state index contributed by atoms with van der Waals surface area (Å²) >= 11 is 5.86. The molecule has 1 saturated heterocycles. The van der Waals surface area contributed by atoms with Gasteiger partial charge in [-0.25, -0.2) is 0 Å². The fourth-order valence-electron chi connectivity index (χ4n) is 2.23. The van der Waals surface area contributed by atoms with Gasteiger partial charge in [-0.3, -0.25) is 4.90 Å². The zero-order chi connectivity index (χ0) is 11.4. The summed E-state index contributed by atoms with van der Waals surface area (Å²) < 4.78 is 0. The molecular formula is C13H18ClNO. The third-order valence-electron chi connectivity index (χ3n) is 3.23. The number of piperidine rings is 1. The molecule has 1 aromatic rings. The van der Waals surface area contributed by atoms with E-state index in [1.54, 1.807) is 0 Å². The van der Waals surface area contributed by atoms with Crippen molar-refractivity contribution >= 4 is 11.6 Å². The van der Waals surface area contributed by atoms with Gasteiger partial charge >= 0.3 is 0 Å². The van der Waals surface area contributed by atoms with E-state index in [4.69, 9.17) is 11.6 Å². The van der Waals surface area contributed by atoms with Crippen LogP contribution < -0.4 is 0 Å². The Bertz CT molecular complexity index is 317. The van der Waals surface area contributed by atoms with Gasteiger partial charge in [0.05, 0.1) is 6.10 Å². The summed E-state index contributed by atoms with van der Waals surface area (Å²) in [4.78, 5) is 2.37. The molecule has 0 saturated carbocycles. The van der Waals surface area contributed by atoms with Crippen LogP contribution in [0.1, 0.15) is 12.0 Å². The van der Waals surface area contributed by atoms with Crippen LogP contribution in [0, 0.1) is 5.92 Å². The fraction of sp³-hybridized carbons (Fsp3) is 0.538. The Morgan fingerprint density at radius 3 is 2.75 bits per heavy atom. The van der Waals surface area contributed by atoms with E-state index in [9.17, 15) is 5.11 Å². The standard InChI is InChI=1S/C13H18ClNO/c14-8-12-10-15(7-6-13(12)16)9-11-4-2-1-3-5-11/h1-5,12-13,16H,6-10H2. The summed E-state index contributed by atoms with van der Waals surface area (Å²) in [6.07, 6.45) is 0.619. The second-order valence-electron chi connectivity index (χ2n) is 4.49. The first-order valence-corrected chi connectivity index (χ1v) is 6.33. The molecule has 0 amide bonds. The highest BCUT2D eigenvalue weighted by atomic mass is 35.5. The lowest BCUT2D eigenvalue weighted by Crippen LogP contribution is -2.43. The van der Waals surface area contributed by atoms with Gasteiger partial charge in [0.25, 0.3) is 0 Å². The summed E-state index contributed by atoms with van der Waals surface area (Å²) in [5, 5.41) is 9.74. The van der Waals surface area contributed by atoms with E-state index in [0.717, 1.165) is 26.1 Å². The van der Waals surface area contributed by atoms with Crippen molar-refractivity contribution < 1.29 is 5.11 Å². The van der Waals surface area contributed by atoms with Gasteiger partial charge in [0.1, 0.15) is 0 Å². The van der Waals surface area contributed by atoms with Crippen LogP contribution in [0.15, 0.2) is 30.3 Å². The van der Waals surface area contributed by atoms with Gasteiger partial charge in [0, 0.05) is 31.4 Å². The Balaban J connectivity index is 1.92. The van der Waals surface area contributed by atoms with Crippen molar-refractivity contribution in [1.29, 1.82) is 0 Å². The molecule has 2 nitrogen and oxygen atoms in total. The Morgan fingerprint density at radius 2 is 2.06 bits per heavy atom. The van der Waals surface area contributed by atoms with Gasteiger partial charge in [-0.05, 0) is 12.0 Å². The molecule has 1 aliphatic heterocycles. The van der Waals surface area contributed by atoms with E-state index in [1.165, 1.54) is 5.56 Å². The van der Waals surface area contributed by atoms with Crippen LogP contribution in [0.5, 0.6) is 0 Å².